The Morgan fingerprint density at radius 2 is 1.73 bits per heavy atom. The van der Waals surface area contributed by atoms with Crippen molar-refractivity contribution in [2.75, 3.05) is 0 Å². The number of fused-ring (bicyclic) bond motifs is 5. The van der Waals surface area contributed by atoms with E-state index in [2.05, 4.69) is 67.6 Å². The van der Waals surface area contributed by atoms with Crippen LogP contribution in [0.15, 0.2) is 78.4 Å². The maximum Gasteiger partial charge on any atom is 0.248 e. The normalized spacial score (nSPS) is 29.6. The number of aliphatic hydroxyl groups excluding tert-OH is 1. The van der Waals surface area contributed by atoms with Crippen LogP contribution in [0.5, 0.6) is 0 Å². The summed E-state index contributed by atoms with van der Waals surface area (Å²) in [6.45, 7) is 2.30. The average Bonchev–Trinajstić information content (AvgIpc) is 3.17. The summed E-state index contributed by atoms with van der Waals surface area (Å²) < 4.78 is 0. The molecule has 0 bridgehead atoms. The summed E-state index contributed by atoms with van der Waals surface area (Å²) in [5, 5.41) is 11.5. The largest absolute Gasteiger partial charge is 0.388 e. The Bertz CT molecular complexity index is 1390. The number of primary amides is 1. The molecule has 0 spiro atoms. The third-order valence-electron chi connectivity index (χ3n) is 9.41. The maximum atomic E-state index is 11.6. The minimum atomic E-state index is -0.442. The van der Waals surface area contributed by atoms with Crippen molar-refractivity contribution in [2.45, 2.75) is 51.0 Å². The van der Waals surface area contributed by atoms with Gasteiger partial charge in [-0.05, 0) is 95.4 Å². The summed E-state index contributed by atoms with van der Waals surface area (Å²) in [5.74, 6) is 1.21. The van der Waals surface area contributed by atoms with E-state index >= 15 is 0 Å². The summed E-state index contributed by atoms with van der Waals surface area (Å²) >= 11 is 0. The number of hydrogen-bond donors (Lipinski definition) is 2. The lowest BCUT2D eigenvalue weighted by molar-refractivity contribution is -0.0158. The number of rotatable bonds is 4. The van der Waals surface area contributed by atoms with E-state index in [9.17, 15) is 9.90 Å². The SMILES string of the molecule is C[C@]12CC[C@@H]3c4ccc(/C=C/c5ccccc5)cc4CC[C@H]3[C@@H]1C/C(=C\c1cccc(C(N)=O)c1)[C@@H]2O. The second kappa shape index (κ2) is 9.46. The number of carbonyl (C=O) groups is 1. The quantitative estimate of drug-likeness (QED) is 0.393. The van der Waals surface area contributed by atoms with Crippen LogP contribution in [0.4, 0.5) is 0 Å². The fourth-order valence-corrected chi connectivity index (χ4v) is 7.46. The number of carbonyl (C=O) groups excluding carboxylic acids is 1. The first-order valence-corrected chi connectivity index (χ1v) is 13.6. The zero-order valence-corrected chi connectivity index (χ0v) is 21.4. The van der Waals surface area contributed by atoms with E-state index in [-0.39, 0.29) is 5.41 Å². The highest BCUT2D eigenvalue weighted by atomic mass is 16.3. The van der Waals surface area contributed by atoms with E-state index in [0.29, 0.717) is 23.3 Å². The minimum absolute atomic E-state index is 0.0931. The van der Waals surface area contributed by atoms with E-state index < -0.39 is 12.0 Å². The van der Waals surface area contributed by atoms with Gasteiger partial charge in [0.2, 0.25) is 5.91 Å². The summed E-state index contributed by atoms with van der Waals surface area (Å²) in [7, 11) is 0. The lowest BCUT2D eigenvalue weighted by Crippen LogP contribution is -2.44. The van der Waals surface area contributed by atoms with E-state index in [1.807, 2.05) is 24.3 Å². The van der Waals surface area contributed by atoms with Gasteiger partial charge in [-0.3, -0.25) is 4.79 Å². The van der Waals surface area contributed by atoms with E-state index in [4.69, 9.17) is 5.73 Å². The van der Waals surface area contributed by atoms with Crippen LogP contribution in [-0.4, -0.2) is 17.1 Å². The molecule has 3 aliphatic rings. The van der Waals surface area contributed by atoms with Gasteiger partial charge in [-0.15, -0.1) is 0 Å². The van der Waals surface area contributed by atoms with Gasteiger partial charge in [0.15, 0.2) is 0 Å². The third-order valence-corrected chi connectivity index (χ3v) is 9.41. The van der Waals surface area contributed by atoms with Gasteiger partial charge in [0.25, 0.3) is 0 Å². The van der Waals surface area contributed by atoms with Crippen LogP contribution in [0.3, 0.4) is 0 Å². The molecule has 0 radical (unpaired) electrons. The smallest absolute Gasteiger partial charge is 0.248 e. The van der Waals surface area contributed by atoms with Crippen LogP contribution in [0, 0.1) is 17.3 Å². The van der Waals surface area contributed by atoms with Crippen molar-refractivity contribution in [3.63, 3.8) is 0 Å². The van der Waals surface area contributed by atoms with Gasteiger partial charge in [-0.1, -0.05) is 85.8 Å². The van der Waals surface area contributed by atoms with Crippen LogP contribution in [-0.2, 0) is 6.42 Å². The molecule has 3 aliphatic carbocycles. The van der Waals surface area contributed by atoms with E-state index in [0.717, 1.165) is 36.8 Å². The Balaban J connectivity index is 1.25. The number of benzene rings is 3. The second-order valence-corrected chi connectivity index (χ2v) is 11.5. The van der Waals surface area contributed by atoms with Crippen molar-refractivity contribution in [1.29, 1.82) is 0 Å². The predicted molar refractivity (Wildman–Crippen MR) is 151 cm³/mol. The summed E-state index contributed by atoms with van der Waals surface area (Å²) in [5.41, 5.74) is 13.4. The molecule has 2 fully saturated rings. The Kier molecular flexibility index (Phi) is 6.12. The van der Waals surface area contributed by atoms with E-state index in [1.54, 1.807) is 6.07 Å². The van der Waals surface area contributed by atoms with Crippen LogP contribution >= 0.6 is 0 Å². The molecule has 1 amide bonds. The summed E-state index contributed by atoms with van der Waals surface area (Å²) in [4.78, 5) is 11.6. The van der Waals surface area contributed by atoms with Crippen molar-refractivity contribution < 1.29 is 9.90 Å². The molecule has 37 heavy (non-hydrogen) atoms. The van der Waals surface area contributed by atoms with Crippen molar-refractivity contribution in [2.24, 2.45) is 23.0 Å². The number of aliphatic hydroxyl groups is 1. The molecule has 0 saturated heterocycles. The number of aryl methyl sites for hydroxylation is 1. The first-order valence-electron chi connectivity index (χ1n) is 13.6. The molecule has 188 valence electrons. The molecule has 3 aromatic carbocycles. The minimum Gasteiger partial charge on any atom is -0.388 e. The fourth-order valence-electron chi connectivity index (χ4n) is 7.46. The number of amides is 1. The van der Waals surface area contributed by atoms with Crippen LogP contribution in [0.1, 0.15) is 76.7 Å². The molecule has 3 aromatic rings. The van der Waals surface area contributed by atoms with Gasteiger partial charge >= 0.3 is 0 Å². The molecule has 3 N–H and O–H groups in total. The topological polar surface area (TPSA) is 63.3 Å². The lowest BCUT2D eigenvalue weighted by atomic mass is 9.55. The highest BCUT2D eigenvalue weighted by Gasteiger charge is 2.56. The molecule has 3 heteroatoms. The van der Waals surface area contributed by atoms with Gasteiger partial charge in [-0.25, -0.2) is 0 Å². The maximum absolute atomic E-state index is 11.6. The molecule has 0 unspecified atom stereocenters. The van der Waals surface area contributed by atoms with Gasteiger partial charge in [-0.2, -0.15) is 0 Å². The molecule has 0 aromatic heterocycles. The zero-order chi connectivity index (χ0) is 25.6. The summed E-state index contributed by atoms with van der Waals surface area (Å²) in [6.07, 6.45) is 11.4. The number of hydrogen-bond acceptors (Lipinski definition) is 2. The van der Waals surface area contributed by atoms with Crippen LogP contribution in [0.2, 0.25) is 0 Å². The molecule has 3 nitrogen and oxygen atoms in total. The number of nitrogens with two attached hydrogens (primary N) is 1. The Morgan fingerprint density at radius 1 is 0.946 bits per heavy atom. The van der Waals surface area contributed by atoms with Crippen molar-refractivity contribution >= 4 is 24.1 Å². The second-order valence-electron chi connectivity index (χ2n) is 11.5. The molecule has 6 rings (SSSR count). The molecule has 0 aliphatic heterocycles. The molecular weight excluding hydrogens is 454 g/mol. The Labute approximate surface area is 219 Å². The lowest BCUT2D eigenvalue weighted by Gasteiger charge is -2.49. The predicted octanol–water partition coefficient (Wildman–Crippen LogP) is 6.87. The fraction of sp³-hybridized carbons (Fsp3) is 0.324. The third kappa shape index (κ3) is 4.36. The van der Waals surface area contributed by atoms with Gasteiger partial charge in [0.05, 0.1) is 6.10 Å². The summed E-state index contributed by atoms with van der Waals surface area (Å²) in [6, 6.07) is 24.9. The molecule has 0 heterocycles. The van der Waals surface area contributed by atoms with E-state index in [1.165, 1.54) is 28.7 Å². The van der Waals surface area contributed by atoms with Crippen molar-refractivity contribution in [3.8, 4) is 0 Å². The zero-order valence-electron chi connectivity index (χ0n) is 21.4. The van der Waals surface area contributed by atoms with Crippen LogP contribution in [0.25, 0.3) is 18.2 Å². The van der Waals surface area contributed by atoms with Crippen LogP contribution < -0.4 is 5.73 Å². The van der Waals surface area contributed by atoms with Gasteiger partial charge < -0.3 is 10.8 Å². The van der Waals surface area contributed by atoms with Gasteiger partial charge in [0.1, 0.15) is 0 Å². The van der Waals surface area contributed by atoms with Gasteiger partial charge in [0, 0.05) is 11.0 Å². The molecular formula is C34H35NO2. The highest BCUT2D eigenvalue weighted by molar-refractivity contribution is 5.93. The average molecular weight is 490 g/mol. The molecule has 2 saturated carbocycles. The standard InChI is InChI=1S/C34H35NO2/c1-34-17-16-29-28-14-12-23(11-10-22-6-3-2-4-7-22)18-25(28)13-15-30(29)31(34)21-27(32(34)36)20-24-8-5-9-26(19-24)33(35)37/h2-12,14,18-20,29-32,36H,13,15-17,21H2,1H3,(H2,35,37)/b11-10+,27-20+/t29-,30-,31+,32+,34+/m1/s1. The molecule has 5 atom stereocenters. The first kappa shape index (κ1) is 23.9. The first-order chi connectivity index (χ1) is 17.9. The highest BCUT2D eigenvalue weighted by Crippen LogP contribution is 2.62. The Morgan fingerprint density at radius 3 is 2.54 bits per heavy atom. The Hall–Kier alpha value is -3.43. The van der Waals surface area contributed by atoms with Crippen molar-refractivity contribution in [1.82, 2.24) is 0 Å². The monoisotopic (exact) mass is 489 g/mol. The van der Waals surface area contributed by atoms with Crippen molar-refractivity contribution in [3.05, 3.63) is 112 Å².